The van der Waals surface area contributed by atoms with Gasteiger partial charge in [0, 0.05) is 10.4 Å². The third-order valence-corrected chi connectivity index (χ3v) is 4.11. The van der Waals surface area contributed by atoms with E-state index in [2.05, 4.69) is 51.1 Å². The Morgan fingerprint density at radius 3 is 2.53 bits per heavy atom. The summed E-state index contributed by atoms with van der Waals surface area (Å²) in [6.07, 6.45) is 0. The lowest BCUT2D eigenvalue weighted by molar-refractivity contribution is 0.660. The molecule has 0 spiro atoms. The lowest BCUT2D eigenvalue weighted by Crippen LogP contribution is -2.14. The molecule has 0 unspecified atom stereocenters. The molecular formula is C16H15Cl. The van der Waals surface area contributed by atoms with Gasteiger partial charge in [-0.15, -0.1) is 0 Å². The Labute approximate surface area is 107 Å². The van der Waals surface area contributed by atoms with Gasteiger partial charge in [0.1, 0.15) is 0 Å². The first kappa shape index (κ1) is 10.9. The lowest BCUT2D eigenvalue weighted by Gasteiger charge is -2.21. The normalized spacial score (nSPS) is 15.5. The summed E-state index contributed by atoms with van der Waals surface area (Å²) in [6, 6.07) is 12.8. The van der Waals surface area contributed by atoms with E-state index >= 15 is 0 Å². The van der Waals surface area contributed by atoms with E-state index < -0.39 is 0 Å². The zero-order valence-corrected chi connectivity index (χ0v) is 11.1. The van der Waals surface area contributed by atoms with E-state index in [1.54, 1.807) is 0 Å². The maximum Gasteiger partial charge on any atom is 0.0409 e. The summed E-state index contributed by atoms with van der Waals surface area (Å²) >= 11 is 6.13. The minimum absolute atomic E-state index is 0.0571. The molecule has 3 rings (SSSR count). The monoisotopic (exact) mass is 242 g/mol. The molecule has 86 valence electrons. The molecule has 2 aromatic carbocycles. The summed E-state index contributed by atoms with van der Waals surface area (Å²) in [4.78, 5) is 0. The summed E-state index contributed by atoms with van der Waals surface area (Å²) < 4.78 is 0. The fourth-order valence-electron chi connectivity index (χ4n) is 2.94. The van der Waals surface area contributed by atoms with Gasteiger partial charge in [0.25, 0.3) is 0 Å². The van der Waals surface area contributed by atoms with Crippen LogP contribution in [0.3, 0.4) is 0 Å². The average Bonchev–Trinajstić information content (AvgIpc) is 2.50. The smallest absolute Gasteiger partial charge is 0.0409 e. The third-order valence-electron chi connectivity index (χ3n) is 3.87. The predicted octanol–water partition coefficient (Wildman–Crippen LogP) is 4.95. The molecular weight excluding hydrogens is 228 g/mol. The molecule has 1 aliphatic carbocycles. The second-order valence-electron chi connectivity index (χ2n) is 5.31. The second kappa shape index (κ2) is 3.36. The Kier molecular flexibility index (Phi) is 2.15. The van der Waals surface area contributed by atoms with Gasteiger partial charge < -0.3 is 0 Å². The van der Waals surface area contributed by atoms with E-state index in [1.165, 1.54) is 27.8 Å². The molecule has 0 atom stereocenters. The quantitative estimate of drug-likeness (QED) is 0.613. The summed E-state index contributed by atoms with van der Waals surface area (Å²) in [7, 11) is 0. The molecule has 0 aromatic heterocycles. The molecule has 0 saturated carbocycles. The summed E-state index contributed by atoms with van der Waals surface area (Å²) in [5.74, 6) is 0. The molecule has 0 nitrogen and oxygen atoms in total. The molecule has 0 fully saturated rings. The molecule has 0 amide bonds. The largest absolute Gasteiger partial charge is 0.0843 e. The van der Waals surface area contributed by atoms with E-state index in [4.69, 9.17) is 11.6 Å². The van der Waals surface area contributed by atoms with Gasteiger partial charge in [0.2, 0.25) is 0 Å². The number of benzene rings is 2. The zero-order chi connectivity index (χ0) is 12.2. The summed E-state index contributed by atoms with van der Waals surface area (Å²) in [5.41, 5.74) is 6.89. The number of hydrogen-bond acceptors (Lipinski definition) is 0. The van der Waals surface area contributed by atoms with Gasteiger partial charge in [-0.05, 0) is 46.9 Å². The zero-order valence-electron chi connectivity index (χ0n) is 10.3. The van der Waals surface area contributed by atoms with Crippen molar-refractivity contribution in [2.75, 3.05) is 0 Å². The maximum absolute atomic E-state index is 6.13. The van der Waals surface area contributed by atoms with Crippen LogP contribution in [0.2, 0.25) is 5.02 Å². The van der Waals surface area contributed by atoms with Crippen LogP contribution in [-0.2, 0) is 5.41 Å². The number of rotatable bonds is 0. The van der Waals surface area contributed by atoms with Crippen molar-refractivity contribution in [1.29, 1.82) is 0 Å². The Balaban J connectivity index is 2.43. The Morgan fingerprint density at radius 2 is 1.76 bits per heavy atom. The number of aryl methyl sites for hydroxylation is 1. The van der Waals surface area contributed by atoms with Gasteiger partial charge in [-0.3, -0.25) is 0 Å². The fraction of sp³-hybridized carbons (Fsp3) is 0.250. The van der Waals surface area contributed by atoms with E-state index in [1.807, 2.05) is 6.07 Å². The standard InChI is InChI=1S/C16H15Cl/c1-10-5-4-6-13-15(10)12-8-7-11(17)9-14(12)16(13,2)3/h4-9H,1-3H3. The highest BCUT2D eigenvalue weighted by Crippen LogP contribution is 2.50. The van der Waals surface area contributed by atoms with Crippen molar-refractivity contribution in [3.8, 4) is 11.1 Å². The van der Waals surface area contributed by atoms with Crippen molar-refractivity contribution < 1.29 is 0 Å². The van der Waals surface area contributed by atoms with Gasteiger partial charge in [-0.1, -0.05) is 49.7 Å². The topological polar surface area (TPSA) is 0 Å². The number of halogens is 1. The number of hydrogen-bond donors (Lipinski definition) is 0. The first-order valence-corrected chi connectivity index (χ1v) is 6.30. The molecule has 0 heterocycles. The van der Waals surface area contributed by atoms with Crippen LogP contribution < -0.4 is 0 Å². The molecule has 1 aliphatic rings. The van der Waals surface area contributed by atoms with Crippen molar-refractivity contribution in [3.05, 3.63) is 58.1 Å². The first-order chi connectivity index (χ1) is 8.01. The van der Waals surface area contributed by atoms with Crippen LogP contribution in [-0.4, -0.2) is 0 Å². The Bertz CT molecular complexity index is 609. The third kappa shape index (κ3) is 1.37. The van der Waals surface area contributed by atoms with E-state index in [9.17, 15) is 0 Å². The average molecular weight is 243 g/mol. The van der Waals surface area contributed by atoms with Crippen LogP contribution in [0.5, 0.6) is 0 Å². The SMILES string of the molecule is Cc1cccc2c1-c1ccc(Cl)cc1C2(C)C. The Morgan fingerprint density at radius 1 is 1.00 bits per heavy atom. The molecule has 0 N–H and O–H groups in total. The molecule has 0 aliphatic heterocycles. The van der Waals surface area contributed by atoms with Gasteiger partial charge in [-0.2, -0.15) is 0 Å². The van der Waals surface area contributed by atoms with Crippen LogP contribution in [0.1, 0.15) is 30.5 Å². The molecule has 0 radical (unpaired) electrons. The maximum atomic E-state index is 6.13. The fourth-order valence-corrected chi connectivity index (χ4v) is 3.11. The van der Waals surface area contributed by atoms with E-state index in [-0.39, 0.29) is 5.41 Å². The molecule has 0 bridgehead atoms. The minimum Gasteiger partial charge on any atom is -0.0843 e. The van der Waals surface area contributed by atoms with Crippen molar-refractivity contribution in [2.24, 2.45) is 0 Å². The Hall–Kier alpha value is -1.27. The van der Waals surface area contributed by atoms with Crippen LogP contribution in [0, 0.1) is 6.92 Å². The van der Waals surface area contributed by atoms with Crippen molar-refractivity contribution in [3.63, 3.8) is 0 Å². The highest BCUT2D eigenvalue weighted by molar-refractivity contribution is 6.30. The van der Waals surface area contributed by atoms with Crippen molar-refractivity contribution >= 4 is 11.6 Å². The second-order valence-corrected chi connectivity index (χ2v) is 5.75. The van der Waals surface area contributed by atoms with E-state index in [0.717, 1.165) is 5.02 Å². The first-order valence-electron chi connectivity index (χ1n) is 5.92. The minimum atomic E-state index is 0.0571. The van der Waals surface area contributed by atoms with Gasteiger partial charge >= 0.3 is 0 Å². The van der Waals surface area contributed by atoms with Crippen molar-refractivity contribution in [2.45, 2.75) is 26.2 Å². The van der Waals surface area contributed by atoms with E-state index in [0.29, 0.717) is 0 Å². The summed E-state index contributed by atoms with van der Waals surface area (Å²) in [5, 5.41) is 0.822. The van der Waals surface area contributed by atoms with Gasteiger partial charge in [0.15, 0.2) is 0 Å². The molecule has 17 heavy (non-hydrogen) atoms. The van der Waals surface area contributed by atoms with Gasteiger partial charge in [0.05, 0.1) is 0 Å². The van der Waals surface area contributed by atoms with Crippen LogP contribution in [0.25, 0.3) is 11.1 Å². The molecule has 1 heteroatoms. The number of fused-ring (bicyclic) bond motifs is 3. The van der Waals surface area contributed by atoms with Crippen LogP contribution in [0.4, 0.5) is 0 Å². The lowest BCUT2D eigenvalue weighted by atomic mass is 9.82. The molecule has 2 aromatic rings. The highest BCUT2D eigenvalue weighted by Gasteiger charge is 2.35. The van der Waals surface area contributed by atoms with Crippen molar-refractivity contribution in [1.82, 2.24) is 0 Å². The van der Waals surface area contributed by atoms with Crippen LogP contribution in [0.15, 0.2) is 36.4 Å². The highest BCUT2D eigenvalue weighted by atomic mass is 35.5. The van der Waals surface area contributed by atoms with Crippen LogP contribution >= 0.6 is 11.6 Å². The predicted molar refractivity (Wildman–Crippen MR) is 73.8 cm³/mol. The van der Waals surface area contributed by atoms with Gasteiger partial charge in [-0.25, -0.2) is 0 Å². The molecule has 0 saturated heterocycles. The summed E-state index contributed by atoms with van der Waals surface area (Å²) in [6.45, 7) is 6.72.